The third-order valence-electron chi connectivity index (χ3n) is 11.4. The third kappa shape index (κ3) is 7.93. The molecule has 0 radical (unpaired) electrons. The molecule has 4 bridgehead atoms. The van der Waals surface area contributed by atoms with E-state index < -0.39 is 12.3 Å². The van der Waals surface area contributed by atoms with Crippen LogP contribution in [0.2, 0.25) is 0 Å². The summed E-state index contributed by atoms with van der Waals surface area (Å²) < 4.78 is 13.2. The number of aliphatic hydroxyl groups excluding tert-OH is 1. The molecule has 5 aliphatic rings. The van der Waals surface area contributed by atoms with Crippen LogP contribution in [0.25, 0.3) is 11.1 Å². The summed E-state index contributed by atoms with van der Waals surface area (Å²) in [5.41, 5.74) is 6.14. The Hall–Kier alpha value is -4.15. The first-order chi connectivity index (χ1) is 25.3. The summed E-state index contributed by atoms with van der Waals surface area (Å²) in [6.45, 7) is 0.437. The van der Waals surface area contributed by atoms with Crippen molar-refractivity contribution in [1.29, 1.82) is 0 Å². The number of carboxylic acids is 1. The largest absolute Gasteiger partial charge is 0.478 e. The van der Waals surface area contributed by atoms with Gasteiger partial charge in [0.2, 0.25) is 0 Å². The minimum Gasteiger partial charge on any atom is -0.478 e. The van der Waals surface area contributed by atoms with E-state index in [2.05, 4.69) is 41.0 Å². The fraction of sp³-hybridized carbons (Fsp3) is 0.395. The summed E-state index contributed by atoms with van der Waals surface area (Å²) in [6, 6.07) is 31.3. The van der Waals surface area contributed by atoms with E-state index in [1.54, 1.807) is 23.9 Å². The van der Waals surface area contributed by atoms with Crippen molar-refractivity contribution in [3.63, 3.8) is 0 Å². The SMILES string of the molecule is O=C(NCc1cccc(-c2cccc([C@@H]3O[C@H](CSc4ccc(C(=O)O)cc4)C[C@H](c4ccc(CO)cc4)O3)c2)c1)NC12CC3CC(CC(C3)C1)C2. The highest BCUT2D eigenvalue weighted by Crippen LogP contribution is 2.55. The van der Waals surface area contributed by atoms with E-state index in [1.165, 1.54) is 19.3 Å². The Balaban J connectivity index is 0.949. The Labute approximate surface area is 309 Å². The standard InChI is InChI=1S/C43H46N2O6S/c46-25-27-7-9-32(10-8-27)39-20-37(26-52-38-13-11-33(12-14-38)40(47)48)50-41(51-39)36-6-2-5-35(19-36)34-4-1-3-28(18-34)24-44-42(49)45-43-21-29-15-30(22-43)17-31(16-29)23-43/h1-14,18-19,29-31,37,39,41,46H,15-17,20-26H2,(H,47,48)(H2,44,45,49)/t29?,30?,31?,37-,39+,41+,43?/m0/s1. The molecular formula is C43H46N2O6S. The molecule has 4 aromatic carbocycles. The Kier molecular flexibility index (Phi) is 10.1. The number of carbonyl (C=O) groups excluding carboxylic acids is 1. The van der Waals surface area contributed by atoms with Crippen molar-refractivity contribution >= 4 is 23.8 Å². The molecular weight excluding hydrogens is 673 g/mol. The number of urea groups is 1. The first kappa shape index (κ1) is 34.9. The van der Waals surface area contributed by atoms with Crippen LogP contribution in [0.5, 0.6) is 0 Å². The maximum Gasteiger partial charge on any atom is 0.335 e. The first-order valence-corrected chi connectivity index (χ1v) is 19.5. The van der Waals surface area contributed by atoms with Crippen LogP contribution in [-0.2, 0) is 22.6 Å². The molecule has 4 aliphatic carbocycles. The van der Waals surface area contributed by atoms with Crippen LogP contribution in [0.1, 0.15) is 90.0 Å². The minimum atomic E-state index is -0.942. The van der Waals surface area contributed by atoms with E-state index in [0.717, 1.165) is 75.3 Å². The number of carbonyl (C=O) groups is 2. The summed E-state index contributed by atoms with van der Waals surface area (Å²) in [5.74, 6) is 2.07. The molecule has 5 fully saturated rings. The number of nitrogens with one attached hydrogen (secondary N) is 2. The molecule has 270 valence electrons. The summed E-state index contributed by atoms with van der Waals surface area (Å²) in [4.78, 5) is 25.4. The Morgan fingerprint density at radius 1 is 0.750 bits per heavy atom. The van der Waals surface area contributed by atoms with Gasteiger partial charge < -0.3 is 30.3 Å². The normalized spacial score (nSPS) is 27.6. The van der Waals surface area contributed by atoms with Crippen molar-refractivity contribution in [1.82, 2.24) is 10.6 Å². The zero-order chi connectivity index (χ0) is 35.7. The van der Waals surface area contributed by atoms with Crippen molar-refractivity contribution in [2.24, 2.45) is 17.8 Å². The molecule has 4 N–H and O–H groups in total. The first-order valence-electron chi connectivity index (χ1n) is 18.5. The van der Waals surface area contributed by atoms with Crippen LogP contribution < -0.4 is 10.6 Å². The average molecular weight is 719 g/mol. The number of aromatic carboxylic acids is 1. The molecule has 52 heavy (non-hydrogen) atoms. The lowest BCUT2D eigenvalue weighted by Crippen LogP contribution is -2.61. The van der Waals surface area contributed by atoms with Gasteiger partial charge in [-0.1, -0.05) is 60.7 Å². The van der Waals surface area contributed by atoms with Gasteiger partial charge in [0.05, 0.1) is 24.4 Å². The molecule has 0 unspecified atom stereocenters. The van der Waals surface area contributed by atoms with Crippen LogP contribution in [-0.4, -0.2) is 39.6 Å². The van der Waals surface area contributed by atoms with Gasteiger partial charge in [-0.05, 0) is 120 Å². The predicted molar refractivity (Wildman–Crippen MR) is 201 cm³/mol. The second-order valence-electron chi connectivity index (χ2n) is 15.3. The molecule has 8 nitrogen and oxygen atoms in total. The monoisotopic (exact) mass is 718 g/mol. The van der Waals surface area contributed by atoms with Crippen LogP contribution in [0.4, 0.5) is 4.79 Å². The summed E-state index contributed by atoms with van der Waals surface area (Å²) >= 11 is 1.63. The Morgan fingerprint density at radius 2 is 1.42 bits per heavy atom. The van der Waals surface area contributed by atoms with Gasteiger partial charge >= 0.3 is 12.0 Å². The van der Waals surface area contributed by atoms with Gasteiger partial charge in [-0.15, -0.1) is 11.8 Å². The lowest BCUT2D eigenvalue weighted by molar-refractivity contribution is -0.245. The second-order valence-corrected chi connectivity index (χ2v) is 16.4. The lowest BCUT2D eigenvalue weighted by atomic mass is 9.53. The number of aliphatic hydroxyl groups is 1. The summed E-state index contributed by atoms with van der Waals surface area (Å²) in [5, 5.41) is 25.4. The average Bonchev–Trinajstić information content (AvgIpc) is 3.16. The number of amides is 2. The zero-order valence-corrected chi connectivity index (χ0v) is 30.0. The van der Waals surface area contributed by atoms with Gasteiger partial charge in [-0.25, -0.2) is 9.59 Å². The Morgan fingerprint density at radius 3 is 2.10 bits per heavy atom. The molecule has 1 heterocycles. The van der Waals surface area contributed by atoms with Crippen LogP contribution in [0.15, 0.2) is 102 Å². The quantitative estimate of drug-likeness (QED) is 0.115. The number of hydrogen-bond donors (Lipinski definition) is 4. The zero-order valence-electron chi connectivity index (χ0n) is 29.2. The molecule has 1 saturated heterocycles. The van der Waals surface area contributed by atoms with Crippen LogP contribution in [0, 0.1) is 17.8 Å². The molecule has 1 aliphatic heterocycles. The smallest absolute Gasteiger partial charge is 0.335 e. The van der Waals surface area contributed by atoms with Gasteiger partial charge in [0.25, 0.3) is 0 Å². The van der Waals surface area contributed by atoms with Crippen molar-refractivity contribution in [3.05, 3.63) is 125 Å². The number of thioether (sulfide) groups is 1. The molecule has 2 amide bonds. The van der Waals surface area contributed by atoms with Crippen LogP contribution in [0.3, 0.4) is 0 Å². The van der Waals surface area contributed by atoms with Gasteiger partial charge in [0, 0.05) is 34.7 Å². The van der Waals surface area contributed by atoms with Gasteiger partial charge in [-0.3, -0.25) is 0 Å². The Bertz CT molecular complexity index is 1860. The van der Waals surface area contributed by atoms with Crippen LogP contribution >= 0.6 is 11.8 Å². The maximum absolute atomic E-state index is 13.1. The molecule has 0 aromatic heterocycles. The number of hydrogen-bond acceptors (Lipinski definition) is 6. The van der Waals surface area contributed by atoms with Gasteiger partial charge in [0.1, 0.15) is 0 Å². The fourth-order valence-corrected chi connectivity index (χ4v) is 10.3. The van der Waals surface area contributed by atoms with Crippen molar-refractivity contribution in [2.45, 2.75) is 87.0 Å². The highest BCUT2D eigenvalue weighted by molar-refractivity contribution is 7.99. The van der Waals surface area contributed by atoms with Crippen molar-refractivity contribution < 1.29 is 29.3 Å². The minimum absolute atomic E-state index is 0.0163. The van der Waals surface area contributed by atoms with Gasteiger partial charge in [-0.2, -0.15) is 0 Å². The van der Waals surface area contributed by atoms with E-state index in [0.29, 0.717) is 18.7 Å². The molecule has 4 saturated carbocycles. The lowest BCUT2D eigenvalue weighted by Gasteiger charge is -2.56. The highest BCUT2D eigenvalue weighted by Gasteiger charge is 2.51. The molecule has 0 spiro atoms. The second kappa shape index (κ2) is 15.1. The molecule has 4 aromatic rings. The topological polar surface area (TPSA) is 117 Å². The summed E-state index contributed by atoms with van der Waals surface area (Å²) in [6.07, 6.45) is 7.14. The molecule has 9 rings (SSSR count). The van der Waals surface area contributed by atoms with E-state index in [4.69, 9.17) is 9.47 Å². The number of rotatable bonds is 11. The molecule has 9 heteroatoms. The van der Waals surface area contributed by atoms with E-state index in [9.17, 15) is 19.8 Å². The van der Waals surface area contributed by atoms with E-state index in [1.807, 2.05) is 54.6 Å². The predicted octanol–water partition coefficient (Wildman–Crippen LogP) is 8.65. The number of benzene rings is 4. The maximum atomic E-state index is 13.1. The van der Waals surface area contributed by atoms with Gasteiger partial charge in [0.15, 0.2) is 6.29 Å². The summed E-state index contributed by atoms with van der Waals surface area (Å²) in [7, 11) is 0. The molecule has 3 atom stereocenters. The highest BCUT2D eigenvalue weighted by atomic mass is 32.2. The van der Waals surface area contributed by atoms with Crippen molar-refractivity contribution in [2.75, 3.05) is 5.75 Å². The number of ether oxygens (including phenoxy) is 2. The fourth-order valence-electron chi connectivity index (χ4n) is 9.36. The third-order valence-corrected chi connectivity index (χ3v) is 12.6. The van der Waals surface area contributed by atoms with E-state index in [-0.39, 0.29) is 35.9 Å². The number of carboxylic acid groups (broad SMARTS) is 1. The van der Waals surface area contributed by atoms with E-state index >= 15 is 0 Å². The van der Waals surface area contributed by atoms with Crippen molar-refractivity contribution in [3.8, 4) is 11.1 Å².